The maximum atomic E-state index is 11.2. The van der Waals surface area contributed by atoms with E-state index in [0.717, 1.165) is 25.3 Å². The standard InChI is InChI=1S/C16H21N3O2/c1-2-18-7-3-5-12(11-18)9-15-17-10-14-13(16(20)21)6-4-8-19(14)15/h4,6,8,10,12H,2-3,5,7,9,11H2,1H3,(H,20,21). The molecule has 1 fully saturated rings. The number of likely N-dealkylation sites (tertiary alicyclic amines) is 1. The van der Waals surface area contributed by atoms with E-state index < -0.39 is 5.97 Å². The molecule has 2 aromatic heterocycles. The van der Waals surface area contributed by atoms with Gasteiger partial charge in [0.15, 0.2) is 0 Å². The number of piperidine rings is 1. The second kappa shape index (κ2) is 5.85. The highest BCUT2D eigenvalue weighted by Crippen LogP contribution is 2.21. The zero-order valence-corrected chi connectivity index (χ0v) is 12.3. The maximum Gasteiger partial charge on any atom is 0.337 e. The molecule has 0 aromatic carbocycles. The molecule has 112 valence electrons. The van der Waals surface area contributed by atoms with E-state index in [1.165, 1.54) is 19.4 Å². The van der Waals surface area contributed by atoms with Gasteiger partial charge in [0, 0.05) is 19.2 Å². The van der Waals surface area contributed by atoms with Crippen LogP contribution in [0.1, 0.15) is 35.9 Å². The van der Waals surface area contributed by atoms with Gasteiger partial charge in [-0.2, -0.15) is 0 Å². The molecule has 5 nitrogen and oxygen atoms in total. The number of imidazole rings is 1. The first-order chi connectivity index (χ1) is 10.2. The van der Waals surface area contributed by atoms with Crippen LogP contribution in [0.2, 0.25) is 0 Å². The molecule has 0 aliphatic carbocycles. The number of carbonyl (C=O) groups is 1. The molecule has 1 aliphatic heterocycles. The van der Waals surface area contributed by atoms with Crippen LogP contribution in [0, 0.1) is 5.92 Å². The zero-order chi connectivity index (χ0) is 14.8. The summed E-state index contributed by atoms with van der Waals surface area (Å²) in [6.07, 6.45) is 6.96. The van der Waals surface area contributed by atoms with Gasteiger partial charge in [0.2, 0.25) is 0 Å². The minimum atomic E-state index is -0.901. The Labute approximate surface area is 124 Å². The van der Waals surface area contributed by atoms with Gasteiger partial charge in [-0.1, -0.05) is 6.92 Å². The van der Waals surface area contributed by atoms with E-state index in [9.17, 15) is 9.90 Å². The predicted octanol–water partition coefficient (Wildman–Crippen LogP) is 2.31. The predicted molar refractivity (Wildman–Crippen MR) is 80.7 cm³/mol. The molecule has 2 aromatic rings. The van der Waals surface area contributed by atoms with Crippen LogP contribution >= 0.6 is 0 Å². The van der Waals surface area contributed by atoms with E-state index in [1.807, 2.05) is 10.6 Å². The summed E-state index contributed by atoms with van der Waals surface area (Å²) in [7, 11) is 0. The van der Waals surface area contributed by atoms with Gasteiger partial charge in [0.25, 0.3) is 0 Å². The number of aromatic carboxylic acids is 1. The van der Waals surface area contributed by atoms with Crippen molar-refractivity contribution in [2.24, 2.45) is 5.92 Å². The van der Waals surface area contributed by atoms with Crippen molar-refractivity contribution in [3.63, 3.8) is 0 Å². The van der Waals surface area contributed by atoms with Gasteiger partial charge in [0.05, 0.1) is 17.3 Å². The van der Waals surface area contributed by atoms with Crippen molar-refractivity contribution < 1.29 is 9.90 Å². The van der Waals surface area contributed by atoms with Crippen molar-refractivity contribution in [1.82, 2.24) is 14.3 Å². The topological polar surface area (TPSA) is 57.8 Å². The summed E-state index contributed by atoms with van der Waals surface area (Å²) in [5, 5.41) is 9.23. The minimum Gasteiger partial charge on any atom is -0.478 e. The molecule has 3 heterocycles. The number of fused-ring (bicyclic) bond motifs is 1. The summed E-state index contributed by atoms with van der Waals surface area (Å²) < 4.78 is 1.92. The molecule has 0 saturated carbocycles. The average Bonchev–Trinajstić information content (AvgIpc) is 2.90. The lowest BCUT2D eigenvalue weighted by molar-refractivity contribution is 0.0698. The summed E-state index contributed by atoms with van der Waals surface area (Å²) in [6, 6.07) is 3.41. The number of aromatic nitrogens is 2. The Morgan fingerprint density at radius 1 is 1.52 bits per heavy atom. The van der Waals surface area contributed by atoms with Gasteiger partial charge >= 0.3 is 5.97 Å². The largest absolute Gasteiger partial charge is 0.478 e. The smallest absolute Gasteiger partial charge is 0.337 e. The van der Waals surface area contributed by atoms with Crippen LogP contribution in [0.5, 0.6) is 0 Å². The van der Waals surface area contributed by atoms with Crippen molar-refractivity contribution in [2.75, 3.05) is 19.6 Å². The van der Waals surface area contributed by atoms with E-state index in [1.54, 1.807) is 18.3 Å². The molecule has 0 spiro atoms. The van der Waals surface area contributed by atoms with Crippen LogP contribution in [0.25, 0.3) is 5.52 Å². The molecule has 3 rings (SSSR count). The Balaban J connectivity index is 1.85. The lowest BCUT2D eigenvalue weighted by Crippen LogP contribution is -2.36. The molecule has 1 aliphatic rings. The van der Waals surface area contributed by atoms with Gasteiger partial charge in [-0.25, -0.2) is 9.78 Å². The van der Waals surface area contributed by atoms with Crippen molar-refractivity contribution >= 4 is 11.5 Å². The molecule has 0 bridgehead atoms. The number of pyridine rings is 1. The fraction of sp³-hybridized carbons (Fsp3) is 0.500. The molecular formula is C16H21N3O2. The highest BCUT2D eigenvalue weighted by atomic mass is 16.4. The van der Waals surface area contributed by atoms with Gasteiger partial charge in [-0.15, -0.1) is 0 Å². The van der Waals surface area contributed by atoms with Crippen molar-refractivity contribution in [2.45, 2.75) is 26.2 Å². The normalized spacial score (nSPS) is 20.0. The molecule has 1 atom stereocenters. The lowest BCUT2D eigenvalue weighted by atomic mass is 9.94. The summed E-state index contributed by atoms with van der Waals surface area (Å²) in [4.78, 5) is 18.2. The quantitative estimate of drug-likeness (QED) is 0.937. The first kappa shape index (κ1) is 14.1. The van der Waals surface area contributed by atoms with Crippen molar-refractivity contribution in [1.29, 1.82) is 0 Å². The number of nitrogens with zero attached hydrogens (tertiary/aromatic N) is 3. The highest BCUT2D eigenvalue weighted by molar-refractivity contribution is 5.95. The molecule has 1 unspecified atom stereocenters. The third kappa shape index (κ3) is 2.78. The van der Waals surface area contributed by atoms with Gasteiger partial charge < -0.3 is 14.4 Å². The van der Waals surface area contributed by atoms with E-state index >= 15 is 0 Å². The SMILES string of the molecule is CCN1CCCC(Cc2ncc3c(C(=O)O)cccn23)C1. The summed E-state index contributed by atoms with van der Waals surface area (Å²) in [5.41, 5.74) is 0.998. The first-order valence-corrected chi connectivity index (χ1v) is 7.59. The van der Waals surface area contributed by atoms with Gasteiger partial charge in [0.1, 0.15) is 5.82 Å². The number of hydrogen-bond donors (Lipinski definition) is 1. The Hall–Kier alpha value is -1.88. The van der Waals surface area contributed by atoms with Crippen LogP contribution < -0.4 is 0 Å². The Kier molecular flexibility index (Phi) is 3.92. The zero-order valence-electron chi connectivity index (χ0n) is 12.3. The molecule has 5 heteroatoms. The van der Waals surface area contributed by atoms with Crippen molar-refractivity contribution in [3.8, 4) is 0 Å². The van der Waals surface area contributed by atoms with E-state index in [2.05, 4.69) is 16.8 Å². The summed E-state index contributed by atoms with van der Waals surface area (Å²) in [6.45, 7) is 5.61. The minimum absolute atomic E-state index is 0.315. The second-order valence-electron chi connectivity index (χ2n) is 5.76. The van der Waals surface area contributed by atoms with Crippen molar-refractivity contribution in [3.05, 3.63) is 35.9 Å². The molecule has 0 radical (unpaired) electrons. The molecular weight excluding hydrogens is 266 g/mol. The van der Waals surface area contributed by atoms with Crippen LogP contribution in [-0.4, -0.2) is 45.0 Å². The van der Waals surface area contributed by atoms with E-state index in [0.29, 0.717) is 17.0 Å². The van der Waals surface area contributed by atoms with Crippen LogP contribution in [-0.2, 0) is 6.42 Å². The third-order valence-electron chi connectivity index (χ3n) is 4.40. The van der Waals surface area contributed by atoms with Crippen LogP contribution in [0.3, 0.4) is 0 Å². The number of rotatable bonds is 4. The Morgan fingerprint density at radius 2 is 2.38 bits per heavy atom. The fourth-order valence-corrected chi connectivity index (χ4v) is 3.27. The Bertz CT molecular complexity index is 650. The molecule has 21 heavy (non-hydrogen) atoms. The molecule has 0 amide bonds. The summed E-state index contributed by atoms with van der Waals surface area (Å²) in [5.74, 6) is 0.677. The van der Waals surface area contributed by atoms with Gasteiger partial charge in [-0.3, -0.25) is 0 Å². The maximum absolute atomic E-state index is 11.2. The van der Waals surface area contributed by atoms with Crippen LogP contribution in [0.4, 0.5) is 0 Å². The second-order valence-corrected chi connectivity index (χ2v) is 5.76. The number of hydrogen-bond acceptors (Lipinski definition) is 3. The van der Waals surface area contributed by atoms with E-state index in [-0.39, 0.29) is 0 Å². The Morgan fingerprint density at radius 3 is 3.14 bits per heavy atom. The summed E-state index contributed by atoms with van der Waals surface area (Å²) >= 11 is 0. The average molecular weight is 287 g/mol. The van der Waals surface area contributed by atoms with Crippen LogP contribution in [0.15, 0.2) is 24.5 Å². The highest BCUT2D eigenvalue weighted by Gasteiger charge is 2.21. The molecule has 1 saturated heterocycles. The van der Waals surface area contributed by atoms with Gasteiger partial charge in [-0.05, 0) is 44.0 Å². The van der Waals surface area contributed by atoms with E-state index in [4.69, 9.17) is 0 Å². The molecule has 1 N–H and O–H groups in total. The number of carboxylic acid groups (broad SMARTS) is 1. The third-order valence-corrected chi connectivity index (χ3v) is 4.40. The fourth-order valence-electron chi connectivity index (χ4n) is 3.27. The number of carboxylic acids is 1. The lowest BCUT2D eigenvalue weighted by Gasteiger charge is -2.31. The first-order valence-electron chi connectivity index (χ1n) is 7.59. The monoisotopic (exact) mass is 287 g/mol.